The van der Waals surface area contributed by atoms with Crippen LogP contribution in [0.25, 0.3) is 0 Å². The molecule has 2 aliphatic carbocycles. The van der Waals surface area contributed by atoms with Gasteiger partial charge in [0.15, 0.2) is 0 Å². The van der Waals surface area contributed by atoms with Crippen molar-refractivity contribution in [2.45, 2.75) is 57.8 Å². The Morgan fingerprint density at radius 1 is 1.11 bits per heavy atom. The first kappa shape index (κ1) is 13.9. The van der Waals surface area contributed by atoms with E-state index in [1.54, 1.807) is 0 Å². The van der Waals surface area contributed by atoms with E-state index in [1.165, 1.54) is 38.5 Å². The molecule has 3 nitrogen and oxygen atoms in total. The number of hydrogen-bond donors (Lipinski definition) is 2. The van der Waals surface area contributed by atoms with Crippen molar-refractivity contribution in [2.24, 2.45) is 23.5 Å². The van der Waals surface area contributed by atoms with Gasteiger partial charge in [0.1, 0.15) is 0 Å². The van der Waals surface area contributed by atoms with Crippen LogP contribution in [0.1, 0.15) is 57.8 Å². The Morgan fingerprint density at radius 2 is 1.89 bits per heavy atom. The second kappa shape index (κ2) is 7.13. The van der Waals surface area contributed by atoms with Gasteiger partial charge in [-0.15, -0.1) is 0 Å². The average Bonchev–Trinajstić information content (AvgIpc) is 3.04. The number of nitrogens with one attached hydrogen (secondary N) is 1. The van der Waals surface area contributed by atoms with Crippen molar-refractivity contribution < 1.29 is 4.79 Å². The van der Waals surface area contributed by atoms with Gasteiger partial charge in [-0.2, -0.15) is 0 Å². The van der Waals surface area contributed by atoms with Crippen LogP contribution < -0.4 is 11.1 Å². The summed E-state index contributed by atoms with van der Waals surface area (Å²) < 4.78 is 0. The van der Waals surface area contributed by atoms with Crippen LogP contribution in [0.5, 0.6) is 0 Å². The highest BCUT2D eigenvalue weighted by molar-refractivity contribution is 5.79. The molecule has 2 fully saturated rings. The number of carbonyl (C=O) groups is 1. The fourth-order valence-electron chi connectivity index (χ4n) is 3.70. The number of rotatable bonds is 6. The molecular formula is C15H28N2O. The molecule has 104 valence electrons. The fraction of sp³-hybridized carbons (Fsp3) is 0.933. The summed E-state index contributed by atoms with van der Waals surface area (Å²) in [6.07, 6.45) is 11.4. The molecule has 2 saturated carbocycles. The number of carbonyl (C=O) groups excluding carboxylic acids is 1. The Hall–Kier alpha value is -0.570. The Bertz CT molecular complexity index is 261. The normalized spacial score (nSPS) is 28.7. The molecular weight excluding hydrogens is 224 g/mol. The van der Waals surface area contributed by atoms with E-state index in [4.69, 9.17) is 5.73 Å². The summed E-state index contributed by atoms with van der Waals surface area (Å²) in [4.78, 5) is 12.0. The quantitative estimate of drug-likeness (QED) is 0.713. The van der Waals surface area contributed by atoms with Gasteiger partial charge in [0.05, 0.1) is 0 Å². The molecule has 2 aliphatic rings. The summed E-state index contributed by atoms with van der Waals surface area (Å²) in [5, 5.41) is 3.12. The maximum Gasteiger partial charge on any atom is 0.223 e. The molecule has 0 saturated heterocycles. The lowest BCUT2D eigenvalue weighted by Crippen LogP contribution is -2.35. The molecule has 0 aromatic rings. The van der Waals surface area contributed by atoms with Gasteiger partial charge in [-0.25, -0.2) is 0 Å². The predicted octanol–water partition coefficient (Wildman–Crippen LogP) is 2.45. The standard InChI is InChI=1S/C15H28N2O/c16-11-13-8-3-9-14(13)15(18)17-10-4-7-12-5-1-2-6-12/h12-14H,1-11,16H2,(H,17,18). The third kappa shape index (κ3) is 3.71. The highest BCUT2D eigenvalue weighted by Gasteiger charge is 2.31. The van der Waals surface area contributed by atoms with Crippen molar-refractivity contribution in [3.8, 4) is 0 Å². The lowest BCUT2D eigenvalue weighted by molar-refractivity contribution is -0.125. The van der Waals surface area contributed by atoms with Gasteiger partial charge >= 0.3 is 0 Å². The first-order valence-electron chi connectivity index (χ1n) is 7.79. The summed E-state index contributed by atoms with van der Waals surface area (Å²) in [6.45, 7) is 1.53. The monoisotopic (exact) mass is 252 g/mol. The maximum absolute atomic E-state index is 12.0. The molecule has 0 aliphatic heterocycles. The van der Waals surface area contributed by atoms with Crippen molar-refractivity contribution in [1.29, 1.82) is 0 Å². The van der Waals surface area contributed by atoms with E-state index in [0.717, 1.165) is 31.7 Å². The Morgan fingerprint density at radius 3 is 2.61 bits per heavy atom. The molecule has 2 atom stereocenters. The van der Waals surface area contributed by atoms with Crippen LogP contribution in [-0.2, 0) is 4.79 Å². The Kier molecular flexibility index (Phi) is 5.48. The van der Waals surface area contributed by atoms with Gasteiger partial charge in [0.25, 0.3) is 0 Å². The van der Waals surface area contributed by atoms with Gasteiger partial charge in [0, 0.05) is 12.5 Å². The van der Waals surface area contributed by atoms with Crippen LogP contribution in [0.3, 0.4) is 0 Å². The summed E-state index contributed by atoms with van der Waals surface area (Å²) in [5.41, 5.74) is 5.72. The Balaban J connectivity index is 1.59. The molecule has 2 rings (SSSR count). The topological polar surface area (TPSA) is 55.1 Å². The smallest absolute Gasteiger partial charge is 0.223 e. The summed E-state index contributed by atoms with van der Waals surface area (Å²) in [7, 11) is 0. The lowest BCUT2D eigenvalue weighted by atomic mass is 9.95. The van der Waals surface area contributed by atoms with Crippen LogP contribution >= 0.6 is 0 Å². The fourth-order valence-corrected chi connectivity index (χ4v) is 3.70. The van der Waals surface area contributed by atoms with Crippen molar-refractivity contribution >= 4 is 5.91 Å². The van der Waals surface area contributed by atoms with Crippen LogP contribution in [0.2, 0.25) is 0 Å². The molecule has 0 radical (unpaired) electrons. The molecule has 18 heavy (non-hydrogen) atoms. The van der Waals surface area contributed by atoms with Gasteiger partial charge in [-0.3, -0.25) is 4.79 Å². The molecule has 1 amide bonds. The minimum Gasteiger partial charge on any atom is -0.356 e. The first-order chi connectivity index (χ1) is 8.81. The van der Waals surface area contributed by atoms with E-state index < -0.39 is 0 Å². The lowest BCUT2D eigenvalue weighted by Gasteiger charge is -2.17. The third-order valence-corrected chi connectivity index (χ3v) is 4.86. The minimum atomic E-state index is 0.196. The van der Waals surface area contributed by atoms with Gasteiger partial charge in [-0.05, 0) is 44.1 Å². The SMILES string of the molecule is NCC1CCCC1C(=O)NCCCC1CCCC1. The van der Waals surface area contributed by atoms with Crippen molar-refractivity contribution in [1.82, 2.24) is 5.32 Å². The van der Waals surface area contributed by atoms with Gasteiger partial charge in [-0.1, -0.05) is 32.1 Å². The van der Waals surface area contributed by atoms with Crippen molar-refractivity contribution in [2.75, 3.05) is 13.1 Å². The van der Waals surface area contributed by atoms with E-state index >= 15 is 0 Å². The minimum absolute atomic E-state index is 0.196. The van der Waals surface area contributed by atoms with E-state index in [1.807, 2.05) is 0 Å². The average molecular weight is 252 g/mol. The van der Waals surface area contributed by atoms with E-state index in [-0.39, 0.29) is 11.8 Å². The van der Waals surface area contributed by atoms with Crippen molar-refractivity contribution in [3.63, 3.8) is 0 Å². The van der Waals surface area contributed by atoms with E-state index in [9.17, 15) is 4.79 Å². The van der Waals surface area contributed by atoms with E-state index in [0.29, 0.717) is 12.5 Å². The molecule has 0 aromatic carbocycles. The van der Waals surface area contributed by atoms with Crippen LogP contribution in [0, 0.1) is 17.8 Å². The number of hydrogen-bond acceptors (Lipinski definition) is 2. The van der Waals surface area contributed by atoms with Gasteiger partial charge in [0.2, 0.25) is 5.91 Å². The molecule has 3 heteroatoms. The summed E-state index contributed by atoms with van der Waals surface area (Å²) in [5.74, 6) is 1.82. The zero-order valence-corrected chi connectivity index (χ0v) is 11.5. The second-order valence-electron chi connectivity index (χ2n) is 6.12. The zero-order valence-electron chi connectivity index (χ0n) is 11.5. The third-order valence-electron chi connectivity index (χ3n) is 4.86. The second-order valence-corrected chi connectivity index (χ2v) is 6.12. The zero-order chi connectivity index (χ0) is 12.8. The Labute approximate surface area is 111 Å². The largest absolute Gasteiger partial charge is 0.356 e. The molecule has 0 heterocycles. The van der Waals surface area contributed by atoms with Crippen LogP contribution in [0.4, 0.5) is 0 Å². The van der Waals surface area contributed by atoms with Gasteiger partial charge < -0.3 is 11.1 Å². The van der Waals surface area contributed by atoms with Crippen LogP contribution in [0.15, 0.2) is 0 Å². The van der Waals surface area contributed by atoms with E-state index in [2.05, 4.69) is 5.32 Å². The number of nitrogens with two attached hydrogens (primary N) is 1. The highest BCUT2D eigenvalue weighted by atomic mass is 16.1. The molecule has 0 spiro atoms. The molecule has 2 unspecified atom stereocenters. The number of amides is 1. The van der Waals surface area contributed by atoms with Crippen molar-refractivity contribution in [3.05, 3.63) is 0 Å². The predicted molar refractivity (Wildman–Crippen MR) is 74.1 cm³/mol. The molecule has 0 aromatic heterocycles. The first-order valence-corrected chi connectivity index (χ1v) is 7.79. The molecule has 3 N–H and O–H groups in total. The maximum atomic E-state index is 12.0. The molecule has 0 bridgehead atoms. The highest BCUT2D eigenvalue weighted by Crippen LogP contribution is 2.31. The summed E-state index contributed by atoms with van der Waals surface area (Å²) >= 11 is 0. The summed E-state index contributed by atoms with van der Waals surface area (Å²) in [6, 6.07) is 0. The van der Waals surface area contributed by atoms with Crippen LogP contribution in [-0.4, -0.2) is 19.0 Å².